The monoisotopic (exact) mass is 357 g/mol. The molecular formula is C25H43N. The van der Waals surface area contributed by atoms with Crippen molar-refractivity contribution in [3.05, 3.63) is 42.0 Å². The molecule has 1 aromatic rings. The van der Waals surface area contributed by atoms with Gasteiger partial charge in [-0.3, -0.25) is 4.90 Å². The van der Waals surface area contributed by atoms with Crippen LogP contribution >= 0.6 is 0 Å². The van der Waals surface area contributed by atoms with Gasteiger partial charge in [0.15, 0.2) is 0 Å². The largest absolute Gasteiger partial charge is 0.299 e. The zero-order valence-corrected chi connectivity index (χ0v) is 17.9. The lowest BCUT2D eigenvalue weighted by molar-refractivity contribution is 0.197. The Labute approximate surface area is 163 Å². The van der Waals surface area contributed by atoms with Gasteiger partial charge in [0.05, 0.1) is 0 Å². The van der Waals surface area contributed by atoms with Crippen LogP contribution in [0.25, 0.3) is 6.08 Å². The number of hydrogen-bond acceptors (Lipinski definition) is 1. The Morgan fingerprint density at radius 2 is 1.35 bits per heavy atom. The van der Waals surface area contributed by atoms with Crippen LogP contribution in [-0.4, -0.2) is 24.5 Å². The van der Waals surface area contributed by atoms with Crippen molar-refractivity contribution in [1.29, 1.82) is 0 Å². The van der Waals surface area contributed by atoms with Gasteiger partial charge in [0.25, 0.3) is 0 Å². The van der Waals surface area contributed by atoms with E-state index < -0.39 is 0 Å². The van der Waals surface area contributed by atoms with Crippen LogP contribution in [0.4, 0.5) is 0 Å². The fourth-order valence-corrected chi connectivity index (χ4v) is 3.69. The van der Waals surface area contributed by atoms with E-state index in [9.17, 15) is 0 Å². The lowest BCUT2D eigenvalue weighted by atomic mass is 9.95. The van der Waals surface area contributed by atoms with Crippen LogP contribution in [-0.2, 0) is 0 Å². The number of rotatable bonds is 15. The van der Waals surface area contributed by atoms with E-state index in [1.165, 1.54) is 70.0 Å². The minimum absolute atomic E-state index is 0.851. The Morgan fingerprint density at radius 3 is 1.81 bits per heavy atom. The van der Waals surface area contributed by atoms with Gasteiger partial charge < -0.3 is 0 Å². The van der Waals surface area contributed by atoms with Gasteiger partial charge in [-0.1, -0.05) is 109 Å². The first kappa shape index (κ1) is 23.0. The van der Waals surface area contributed by atoms with Gasteiger partial charge in [0.2, 0.25) is 0 Å². The summed E-state index contributed by atoms with van der Waals surface area (Å²) in [6.07, 6.45) is 15.4. The molecule has 0 fully saturated rings. The van der Waals surface area contributed by atoms with E-state index >= 15 is 0 Å². The molecule has 0 radical (unpaired) electrons. The molecule has 2 unspecified atom stereocenters. The summed E-state index contributed by atoms with van der Waals surface area (Å²) in [5.74, 6) is 1.70. The van der Waals surface area contributed by atoms with Crippen molar-refractivity contribution in [1.82, 2.24) is 4.90 Å². The standard InChI is InChI=1S/C25H43N/c1-5-9-15-23(7-3)21-26(22-24(8-4)16-10-6-2)20-14-19-25-17-12-11-13-18-25/h11-14,17-19,23-24H,5-10,15-16,20-22H2,1-4H3/b19-14+. The normalized spacial score (nSPS) is 14.2. The van der Waals surface area contributed by atoms with E-state index in [0.717, 1.165) is 18.4 Å². The molecule has 0 aliphatic carbocycles. The summed E-state index contributed by atoms with van der Waals surface area (Å²) < 4.78 is 0. The molecule has 0 amide bonds. The smallest absolute Gasteiger partial charge is 0.0166 e. The highest BCUT2D eigenvalue weighted by molar-refractivity contribution is 5.48. The van der Waals surface area contributed by atoms with Crippen molar-refractivity contribution >= 4 is 6.08 Å². The molecule has 1 nitrogen and oxygen atoms in total. The van der Waals surface area contributed by atoms with Gasteiger partial charge in [-0.05, 0) is 30.2 Å². The summed E-state index contributed by atoms with van der Waals surface area (Å²) in [7, 11) is 0. The Morgan fingerprint density at radius 1 is 0.808 bits per heavy atom. The van der Waals surface area contributed by atoms with Crippen LogP contribution in [0.3, 0.4) is 0 Å². The summed E-state index contributed by atoms with van der Waals surface area (Å²) in [6.45, 7) is 13.0. The highest BCUT2D eigenvalue weighted by atomic mass is 15.1. The maximum Gasteiger partial charge on any atom is 0.0166 e. The fourth-order valence-electron chi connectivity index (χ4n) is 3.69. The minimum atomic E-state index is 0.851. The molecule has 1 aromatic carbocycles. The molecule has 0 aliphatic rings. The second kappa shape index (κ2) is 15.0. The van der Waals surface area contributed by atoms with E-state index in [-0.39, 0.29) is 0 Å². The molecule has 2 atom stereocenters. The quantitative estimate of drug-likeness (QED) is 0.315. The predicted molar refractivity (Wildman–Crippen MR) is 119 cm³/mol. The van der Waals surface area contributed by atoms with Gasteiger partial charge >= 0.3 is 0 Å². The van der Waals surface area contributed by atoms with Crippen LogP contribution in [0.1, 0.15) is 84.6 Å². The van der Waals surface area contributed by atoms with Crippen LogP contribution in [0.5, 0.6) is 0 Å². The van der Waals surface area contributed by atoms with Gasteiger partial charge in [-0.2, -0.15) is 0 Å². The van der Waals surface area contributed by atoms with Crippen LogP contribution in [0, 0.1) is 11.8 Å². The SMILES string of the molecule is CCCCC(CC)CN(C/C=C/c1ccccc1)CC(CC)CCCC. The summed E-state index contributed by atoms with van der Waals surface area (Å²) in [5.41, 5.74) is 1.31. The van der Waals surface area contributed by atoms with Crippen LogP contribution < -0.4 is 0 Å². The molecule has 0 N–H and O–H groups in total. The van der Waals surface area contributed by atoms with Crippen molar-refractivity contribution in [3.8, 4) is 0 Å². The molecule has 1 rings (SSSR count). The molecule has 26 heavy (non-hydrogen) atoms. The molecule has 0 saturated carbocycles. The van der Waals surface area contributed by atoms with E-state index in [0.29, 0.717) is 0 Å². The first-order valence-corrected chi connectivity index (χ1v) is 11.2. The first-order chi connectivity index (χ1) is 12.7. The second-order valence-electron chi connectivity index (χ2n) is 7.86. The second-order valence-corrected chi connectivity index (χ2v) is 7.86. The highest BCUT2D eigenvalue weighted by Gasteiger charge is 2.16. The molecule has 0 spiro atoms. The van der Waals surface area contributed by atoms with E-state index in [2.05, 4.69) is 75.1 Å². The van der Waals surface area contributed by atoms with E-state index in [1.54, 1.807) is 0 Å². The Bertz CT molecular complexity index is 432. The molecule has 0 aromatic heterocycles. The Balaban J connectivity index is 2.67. The average molecular weight is 358 g/mol. The zero-order valence-electron chi connectivity index (χ0n) is 17.9. The summed E-state index contributed by atoms with van der Waals surface area (Å²) in [4.78, 5) is 2.73. The lowest BCUT2D eigenvalue weighted by Gasteiger charge is -2.29. The minimum Gasteiger partial charge on any atom is -0.299 e. The Hall–Kier alpha value is -1.08. The van der Waals surface area contributed by atoms with Crippen molar-refractivity contribution in [2.24, 2.45) is 11.8 Å². The van der Waals surface area contributed by atoms with Crippen molar-refractivity contribution in [2.75, 3.05) is 19.6 Å². The summed E-state index contributed by atoms with van der Waals surface area (Å²) in [6, 6.07) is 10.7. The summed E-state index contributed by atoms with van der Waals surface area (Å²) in [5, 5.41) is 0. The van der Waals surface area contributed by atoms with Crippen molar-refractivity contribution in [3.63, 3.8) is 0 Å². The molecule has 0 heterocycles. The molecule has 148 valence electrons. The maximum atomic E-state index is 2.73. The maximum absolute atomic E-state index is 2.73. The third-order valence-electron chi connectivity index (χ3n) is 5.59. The molecular weight excluding hydrogens is 314 g/mol. The number of benzene rings is 1. The van der Waals surface area contributed by atoms with Gasteiger partial charge in [0, 0.05) is 19.6 Å². The number of hydrogen-bond donors (Lipinski definition) is 0. The van der Waals surface area contributed by atoms with Crippen molar-refractivity contribution < 1.29 is 0 Å². The van der Waals surface area contributed by atoms with Crippen LogP contribution in [0.2, 0.25) is 0 Å². The lowest BCUT2D eigenvalue weighted by Crippen LogP contribution is -2.34. The Kier molecular flexibility index (Phi) is 13.3. The molecule has 1 heteroatoms. The third-order valence-corrected chi connectivity index (χ3v) is 5.59. The topological polar surface area (TPSA) is 3.24 Å². The van der Waals surface area contributed by atoms with Gasteiger partial charge in [-0.25, -0.2) is 0 Å². The number of nitrogens with zero attached hydrogens (tertiary/aromatic N) is 1. The molecule has 0 aliphatic heterocycles. The fraction of sp³-hybridized carbons (Fsp3) is 0.680. The highest BCUT2D eigenvalue weighted by Crippen LogP contribution is 2.19. The van der Waals surface area contributed by atoms with E-state index in [1.807, 2.05) is 0 Å². The summed E-state index contributed by atoms with van der Waals surface area (Å²) >= 11 is 0. The predicted octanol–water partition coefficient (Wildman–Crippen LogP) is 7.43. The third kappa shape index (κ3) is 10.2. The van der Waals surface area contributed by atoms with Crippen molar-refractivity contribution in [2.45, 2.75) is 79.1 Å². The van der Waals surface area contributed by atoms with Gasteiger partial charge in [-0.15, -0.1) is 0 Å². The number of unbranched alkanes of at least 4 members (excludes halogenated alkanes) is 2. The van der Waals surface area contributed by atoms with E-state index in [4.69, 9.17) is 0 Å². The molecule has 0 bridgehead atoms. The zero-order chi connectivity index (χ0) is 19.0. The van der Waals surface area contributed by atoms with Crippen LogP contribution in [0.15, 0.2) is 36.4 Å². The van der Waals surface area contributed by atoms with Gasteiger partial charge in [0.1, 0.15) is 0 Å². The first-order valence-electron chi connectivity index (χ1n) is 11.2. The average Bonchev–Trinajstić information content (AvgIpc) is 2.68. The molecule has 0 saturated heterocycles.